The molecule has 0 spiro atoms. The van der Waals surface area contributed by atoms with Gasteiger partial charge in [-0.15, -0.1) is 0 Å². The molecule has 0 aromatic rings. The third-order valence-electron chi connectivity index (χ3n) is 0.185. The molecule has 0 unspecified atom stereocenters. The van der Waals surface area contributed by atoms with Crippen LogP contribution in [0.3, 0.4) is 0 Å². The summed E-state index contributed by atoms with van der Waals surface area (Å²) >= 11 is 0.913. The monoisotopic (exact) mass is 416 g/mol. The van der Waals surface area contributed by atoms with Crippen molar-refractivity contribution >= 4 is 74.7 Å². The summed E-state index contributed by atoms with van der Waals surface area (Å²) in [7, 11) is 0. The second-order valence-corrected chi connectivity index (χ2v) is 1.97. The van der Waals surface area contributed by atoms with Crippen LogP contribution in [0.15, 0.2) is 12.7 Å². The molecule has 10 radical (unpaired) electrons. The Morgan fingerprint density at radius 2 is 1.86 bits per heavy atom. The third-order valence-corrected chi connectivity index (χ3v) is 0.768. The first kappa shape index (κ1) is 15.9. The van der Waals surface area contributed by atoms with E-state index in [2.05, 4.69) is 6.58 Å². The molecule has 0 rings (SSSR count). The smallest absolute Gasteiger partial charge is 0 e. The van der Waals surface area contributed by atoms with Gasteiger partial charge in [0.2, 0.25) is 0 Å². The molecular formula is C3H3OSbSn2. The van der Waals surface area contributed by atoms with Crippen LogP contribution in [0.25, 0.3) is 0 Å². The molecule has 0 saturated carbocycles. The van der Waals surface area contributed by atoms with E-state index in [1.807, 2.05) is 0 Å². The van der Waals surface area contributed by atoms with E-state index in [1.165, 1.54) is 6.08 Å². The predicted octanol–water partition coefficient (Wildman–Crippen LogP) is -0.894. The van der Waals surface area contributed by atoms with Crippen molar-refractivity contribution in [3.63, 3.8) is 0 Å². The molecule has 0 aromatic heterocycles. The van der Waals surface area contributed by atoms with Crippen molar-refractivity contribution < 1.29 is 4.79 Å². The van der Waals surface area contributed by atoms with Gasteiger partial charge in [-0.2, -0.15) is 0 Å². The van der Waals surface area contributed by atoms with Crippen LogP contribution < -0.4 is 0 Å². The van der Waals surface area contributed by atoms with Gasteiger partial charge in [-0.3, -0.25) is 0 Å². The van der Waals surface area contributed by atoms with Crippen molar-refractivity contribution in [3.8, 4) is 0 Å². The van der Waals surface area contributed by atoms with E-state index in [0.717, 1.165) is 22.5 Å². The summed E-state index contributed by atoms with van der Waals surface area (Å²) in [4.78, 5) is 9.73. The molecule has 0 aliphatic rings. The van der Waals surface area contributed by atoms with Crippen molar-refractivity contribution in [3.05, 3.63) is 12.7 Å². The summed E-state index contributed by atoms with van der Waals surface area (Å²) in [5.74, 6) is 0. The summed E-state index contributed by atoms with van der Waals surface area (Å²) in [6.45, 7) is 3.23. The average molecular weight is 414 g/mol. The Morgan fingerprint density at radius 3 is 1.86 bits per heavy atom. The van der Waals surface area contributed by atoms with Gasteiger partial charge in [0.15, 0.2) is 0 Å². The van der Waals surface area contributed by atoms with Crippen LogP contribution in [0, 0.1) is 0 Å². The van der Waals surface area contributed by atoms with E-state index >= 15 is 0 Å². The number of hydrogen-bond donors (Lipinski definition) is 0. The minimum absolute atomic E-state index is 0. The van der Waals surface area contributed by atoms with E-state index in [0.29, 0.717) is 0 Å². The molecule has 0 aliphatic heterocycles. The van der Waals surface area contributed by atoms with Gasteiger partial charge in [-0.25, -0.2) is 0 Å². The molecule has 0 heterocycles. The molecule has 0 fully saturated rings. The van der Waals surface area contributed by atoms with Gasteiger partial charge in [-0.1, -0.05) is 0 Å². The van der Waals surface area contributed by atoms with Crippen molar-refractivity contribution in [1.82, 2.24) is 0 Å². The second kappa shape index (κ2) is 10.7. The number of allylic oxidation sites excluding steroid dienone is 1. The Hall–Kier alpha value is 1.83. The molecule has 0 atom stereocenters. The normalized spacial score (nSPS) is 4.71. The van der Waals surface area contributed by atoms with Crippen molar-refractivity contribution in [2.45, 2.75) is 0 Å². The molecule has 1 nitrogen and oxygen atoms in total. The van der Waals surface area contributed by atoms with Crippen molar-refractivity contribution in [2.24, 2.45) is 0 Å². The summed E-state index contributed by atoms with van der Waals surface area (Å²) in [5.41, 5.74) is 0. The Labute approximate surface area is 90.8 Å². The first-order valence-corrected chi connectivity index (χ1v) is 2.58. The van der Waals surface area contributed by atoms with Crippen molar-refractivity contribution in [2.75, 3.05) is 0 Å². The maximum absolute atomic E-state index is 9.73. The summed E-state index contributed by atoms with van der Waals surface area (Å²) < 4.78 is 0.109. The zero-order valence-electron chi connectivity index (χ0n) is 3.64. The zero-order valence-corrected chi connectivity index (χ0v) is 11.9. The fourth-order valence-corrected chi connectivity index (χ4v) is 0. The maximum Gasteiger partial charge on any atom is 0 e. The van der Waals surface area contributed by atoms with Crippen LogP contribution in [-0.4, -0.2) is 74.7 Å². The van der Waals surface area contributed by atoms with Crippen LogP contribution in [0.5, 0.6) is 0 Å². The van der Waals surface area contributed by atoms with E-state index < -0.39 is 0 Å². The van der Waals surface area contributed by atoms with Gasteiger partial charge in [0.25, 0.3) is 0 Å². The molecule has 34 valence electrons. The Morgan fingerprint density at radius 1 is 1.71 bits per heavy atom. The van der Waals surface area contributed by atoms with Crippen LogP contribution in [0.2, 0.25) is 0 Å². The van der Waals surface area contributed by atoms with Crippen LogP contribution in [0.1, 0.15) is 0 Å². The van der Waals surface area contributed by atoms with Crippen LogP contribution in [0.4, 0.5) is 0 Å². The topological polar surface area (TPSA) is 17.1 Å². The molecule has 0 aliphatic carbocycles. The van der Waals surface area contributed by atoms with Gasteiger partial charge in [0, 0.05) is 48.3 Å². The van der Waals surface area contributed by atoms with Gasteiger partial charge in [-0.05, 0) is 0 Å². The summed E-state index contributed by atoms with van der Waals surface area (Å²) in [6, 6.07) is 0. The molecular weight excluding hydrogens is 411 g/mol. The largest absolute Gasteiger partial charge is 0 e. The average Bonchev–Trinajstić information content (AvgIpc) is 1.38. The fraction of sp³-hybridized carbons (Fsp3) is 0. The minimum Gasteiger partial charge on any atom is 0 e. The fourth-order valence-electron chi connectivity index (χ4n) is 0. The molecule has 0 aromatic carbocycles. The van der Waals surface area contributed by atoms with E-state index in [1.54, 1.807) is 0 Å². The minimum atomic E-state index is 0. The van der Waals surface area contributed by atoms with Gasteiger partial charge < -0.3 is 0 Å². The van der Waals surface area contributed by atoms with Gasteiger partial charge >= 0.3 is 43.8 Å². The van der Waals surface area contributed by atoms with Gasteiger partial charge in [0.1, 0.15) is 0 Å². The number of carbonyl (C=O) groups is 1. The quantitative estimate of drug-likeness (QED) is 0.402. The molecule has 0 saturated heterocycles. The number of carbonyl (C=O) groups excluding carboxylic acids is 1. The molecule has 0 amide bonds. The summed E-state index contributed by atoms with van der Waals surface area (Å²) in [5, 5.41) is 0. The Bertz CT molecular complexity index is 64.0. The first-order chi connectivity index (χ1) is 2.27. The summed E-state index contributed by atoms with van der Waals surface area (Å²) in [6.07, 6.45) is 1.32. The Balaban J connectivity index is -0.0000000800. The maximum atomic E-state index is 9.73. The Kier molecular flexibility index (Phi) is 24.4. The van der Waals surface area contributed by atoms with E-state index in [-0.39, 0.29) is 52.1 Å². The van der Waals surface area contributed by atoms with E-state index in [9.17, 15) is 4.79 Å². The van der Waals surface area contributed by atoms with Crippen LogP contribution >= 0.6 is 0 Å². The zero-order chi connectivity index (χ0) is 4.28. The second-order valence-electron chi connectivity index (χ2n) is 0.568. The molecule has 0 bridgehead atoms. The number of hydrogen-bond acceptors (Lipinski definition) is 1. The van der Waals surface area contributed by atoms with Crippen LogP contribution in [-0.2, 0) is 4.79 Å². The standard InChI is InChI=1S/C3H3O.Sb.2Sn/c1-2-3-4;;;/h2H,1H2;;;. The molecule has 0 N–H and O–H groups in total. The first-order valence-electron chi connectivity index (χ1n) is 1.15. The molecule has 4 heteroatoms. The van der Waals surface area contributed by atoms with E-state index in [4.69, 9.17) is 0 Å². The number of rotatable bonds is 1. The van der Waals surface area contributed by atoms with Gasteiger partial charge in [0.05, 0.1) is 0 Å². The SMILES string of the molecule is C=C[C](=O)[Sn].[Sb].[Sn]. The van der Waals surface area contributed by atoms with Crippen molar-refractivity contribution in [1.29, 1.82) is 0 Å². The molecule has 7 heavy (non-hydrogen) atoms. The third kappa shape index (κ3) is 18.1. The predicted molar refractivity (Wildman–Crippen MR) is 32.5 cm³/mol.